The van der Waals surface area contributed by atoms with Crippen molar-refractivity contribution >= 4 is 53.4 Å². The van der Waals surface area contributed by atoms with Gasteiger partial charge in [-0.2, -0.15) is 11.8 Å². The number of pyridine rings is 1. The predicted octanol–water partition coefficient (Wildman–Crippen LogP) is 2.60. The summed E-state index contributed by atoms with van der Waals surface area (Å²) in [5.41, 5.74) is 6.54. The van der Waals surface area contributed by atoms with Crippen molar-refractivity contribution in [2.45, 2.75) is 44.9 Å². The molecular formula is C20H35IN6OS. The highest BCUT2D eigenvalue weighted by Crippen LogP contribution is 2.25. The monoisotopic (exact) mass is 534 g/mol. The number of carbonyl (C=O) groups excluding carboxylic acids is 1. The third kappa shape index (κ3) is 8.19. The Morgan fingerprint density at radius 2 is 2.07 bits per heavy atom. The molecule has 0 aliphatic carbocycles. The molecule has 0 unspecified atom stereocenters. The van der Waals surface area contributed by atoms with Gasteiger partial charge < -0.3 is 21.3 Å². The Morgan fingerprint density at radius 1 is 1.38 bits per heavy atom. The summed E-state index contributed by atoms with van der Waals surface area (Å²) in [5.74, 6) is 1.55. The van der Waals surface area contributed by atoms with Crippen LogP contribution in [0.3, 0.4) is 0 Å². The van der Waals surface area contributed by atoms with Crippen molar-refractivity contribution in [1.29, 1.82) is 0 Å². The van der Waals surface area contributed by atoms with Crippen molar-refractivity contribution in [3.63, 3.8) is 0 Å². The van der Waals surface area contributed by atoms with Crippen LogP contribution in [0.5, 0.6) is 0 Å². The van der Waals surface area contributed by atoms with E-state index < -0.39 is 0 Å². The van der Waals surface area contributed by atoms with E-state index in [0.29, 0.717) is 6.54 Å². The molecule has 2 heterocycles. The lowest BCUT2D eigenvalue weighted by molar-refractivity contribution is -0.122. The molecular weight excluding hydrogens is 499 g/mol. The highest BCUT2D eigenvalue weighted by Gasteiger charge is 2.25. The number of aliphatic imine (C=N–C) groups is 1. The number of nitrogens with zero attached hydrogens (tertiary/aromatic N) is 3. The van der Waals surface area contributed by atoms with Gasteiger partial charge in [0.05, 0.1) is 6.54 Å². The fourth-order valence-corrected chi connectivity index (χ4v) is 3.31. The SMILES string of the molecule is CCNC(=NCc1cccnc1N1CCC(C(N)=O)CC1)NCC(C)(C)SC.I. The summed E-state index contributed by atoms with van der Waals surface area (Å²) in [6.07, 6.45) is 5.49. The summed E-state index contributed by atoms with van der Waals surface area (Å²) in [4.78, 5) is 23.0. The largest absolute Gasteiger partial charge is 0.369 e. The second kappa shape index (κ2) is 12.5. The molecule has 1 aliphatic heterocycles. The first kappa shape index (κ1) is 25.8. The van der Waals surface area contributed by atoms with Crippen LogP contribution >= 0.6 is 35.7 Å². The van der Waals surface area contributed by atoms with Gasteiger partial charge in [-0.3, -0.25) is 4.79 Å². The van der Waals surface area contributed by atoms with Gasteiger partial charge in [-0.25, -0.2) is 9.98 Å². The predicted molar refractivity (Wildman–Crippen MR) is 134 cm³/mol. The standard InChI is InChI=1S/C20H34N6OS.HI/c1-5-22-19(25-14-20(2,3)28-4)24-13-16-7-6-10-23-18(16)26-11-8-15(9-12-26)17(21)27;/h6-7,10,15H,5,8-9,11-14H2,1-4H3,(H2,21,27)(H2,22,24,25);1H. The van der Waals surface area contributed by atoms with Crippen LogP contribution in [0, 0.1) is 5.92 Å². The van der Waals surface area contributed by atoms with E-state index in [2.05, 4.69) is 53.6 Å². The molecule has 1 aromatic rings. The molecule has 7 nitrogen and oxygen atoms in total. The Bertz CT molecular complexity index is 677. The zero-order valence-corrected chi connectivity index (χ0v) is 21.0. The fraction of sp³-hybridized carbons (Fsp3) is 0.650. The zero-order valence-electron chi connectivity index (χ0n) is 17.9. The Labute approximate surface area is 196 Å². The topological polar surface area (TPSA) is 95.6 Å². The van der Waals surface area contributed by atoms with Crippen LogP contribution in [0.2, 0.25) is 0 Å². The molecule has 0 atom stereocenters. The maximum atomic E-state index is 11.4. The number of guanidine groups is 1. The number of thioether (sulfide) groups is 1. The lowest BCUT2D eigenvalue weighted by Crippen LogP contribution is -2.43. The molecule has 1 saturated heterocycles. The minimum Gasteiger partial charge on any atom is -0.369 e. The molecule has 0 radical (unpaired) electrons. The number of nitrogens with two attached hydrogens (primary N) is 1. The van der Waals surface area contributed by atoms with Crippen LogP contribution in [0.4, 0.5) is 5.82 Å². The number of anilines is 1. The third-order valence-corrected chi connectivity index (χ3v) is 6.30. The first-order chi connectivity index (χ1) is 13.4. The Hall–Kier alpha value is -1.23. The van der Waals surface area contributed by atoms with Gasteiger partial charge in [0.15, 0.2) is 5.96 Å². The Balaban J connectivity index is 0.00000420. The van der Waals surface area contributed by atoms with E-state index in [9.17, 15) is 4.79 Å². The first-order valence-corrected chi connectivity index (χ1v) is 11.1. The molecule has 1 aliphatic rings. The summed E-state index contributed by atoms with van der Waals surface area (Å²) in [6, 6.07) is 4.02. The number of hydrogen-bond acceptors (Lipinski definition) is 5. The first-order valence-electron chi connectivity index (χ1n) is 9.91. The summed E-state index contributed by atoms with van der Waals surface area (Å²) >= 11 is 1.83. The van der Waals surface area contributed by atoms with Crippen LogP contribution in [0.15, 0.2) is 23.3 Å². The Morgan fingerprint density at radius 3 is 2.66 bits per heavy atom. The van der Waals surface area contributed by atoms with Gasteiger partial charge >= 0.3 is 0 Å². The number of primary amides is 1. The molecule has 0 spiro atoms. The Kier molecular flexibility index (Phi) is 11.1. The molecule has 0 saturated carbocycles. The number of halogens is 1. The van der Waals surface area contributed by atoms with Gasteiger partial charge in [-0.15, -0.1) is 24.0 Å². The van der Waals surface area contributed by atoms with Crippen molar-refractivity contribution in [3.8, 4) is 0 Å². The van der Waals surface area contributed by atoms with Crippen molar-refractivity contribution in [2.24, 2.45) is 16.6 Å². The van der Waals surface area contributed by atoms with Gasteiger partial charge in [0.25, 0.3) is 0 Å². The van der Waals surface area contributed by atoms with E-state index in [0.717, 1.165) is 56.4 Å². The van der Waals surface area contributed by atoms with E-state index in [1.54, 1.807) is 0 Å². The molecule has 164 valence electrons. The second-order valence-electron chi connectivity index (χ2n) is 7.66. The van der Waals surface area contributed by atoms with Crippen LogP contribution in [0.25, 0.3) is 0 Å². The zero-order chi connectivity index (χ0) is 20.6. The lowest BCUT2D eigenvalue weighted by atomic mass is 9.96. The minimum absolute atomic E-state index is 0. The molecule has 9 heteroatoms. The molecule has 4 N–H and O–H groups in total. The van der Waals surface area contributed by atoms with E-state index in [-0.39, 0.29) is 40.5 Å². The highest BCUT2D eigenvalue weighted by atomic mass is 127. The van der Waals surface area contributed by atoms with Crippen LogP contribution in [-0.4, -0.2) is 54.0 Å². The number of piperidine rings is 1. The van der Waals surface area contributed by atoms with E-state index in [4.69, 9.17) is 10.7 Å². The summed E-state index contributed by atoms with van der Waals surface area (Å²) < 4.78 is 0.139. The van der Waals surface area contributed by atoms with Crippen molar-refractivity contribution in [3.05, 3.63) is 23.9 Å². The molecule has 0 bridgehead atoms. The van der Waals surface area contributed by atoms with Crippen molar-refractivity contribution < 1.29 is 4.79 Å². The lowest BCUT2D eigenvalue weighted by Gasteiger charge is -2.32. The smallest absolute Gasteiger partial charge is 0.220 e. The van der Waals surface area contributed by atoms with Crippen LogP contribution in [0.1, 0.15) is 39.2 Å². The highest BCUT2D eigenvalue weighted by molar-refractivity contribution is 14.0. The normalized spacial score (nSPS) is 15.6. The van der Waals surface area contributed by atoms with Crippen molar-refractivity contribution in [2.75, 3.05) is 37.3 Å². The number of aromatic nitrogens is 1. The summed E-state index contributed by atoms with van der Waals surface area (Å²) in [5, 5.41) is 6.74. The molecule has 1 fully saturated rings. The van der Waals surface area contributed by atoms with Crippen LogP contribution in [-0.2, 0) is 11.3 Å². The number of carbonyl (C=O) groups is 1. The van der Waals surface area contributed by atoms with Gasteiger partial charge in [0.2, 0.25) is 5.91 Å². The average molecular weight is 535 g/mol. The van der Waals surface area contributed by atoms with E-state index in [1.807, 2.05) is 24.0 Å². The number of amides is 1. The molecule has 1 aromatic heterocycles. The van der Waals surface area contributed by atoms with Gasteiger partial charge in [-0.05, 0) is 45.9 Å². The molecule has 0 aromatic carbocycles. The molecule has 1 amide bonds. The minimum atomic E-state index is -0.194. The third-order valence-electron chi connectivity index (χ3n) is 5.05. The average Bonchev–Trinajstić information content (AvgIpc) is 2.70. The summed E-state index contributed by atoms with van der Waals surface area (Å²) in [6.45, 7) is 10.3. The molecule has 29 heavy (non-hydrogen) atoms. The second-order valence-corrected chi connectivity index (χ2v) is 9.18. The van der Waals surface area contributed by atoms with E-state index >= 15 is 0 Å². The quantitative estimate of drug-likeness (QED) is 0.270. The summed E-state index contributed by atoms with van der Waals surface area (Å²) in [7, 11) is 0. The molecule has 2 rings (SSSR count). The van der Waals surface area contributed by atoms with Gasteiger partial charge in [0.1, 0.15) is 5.82 Å². The van der Waals surface area contributed by atoms with Crippen molar-refractivity contribution in [1.82, 2.24) is 15.6 Å². The van der Waals surface area contributed by atoms with Gasteiger partial charge in [0, 0.05) is 48.6 Å². The number of rotatable bonds is 8. The van der Waals surface area contributed by atoms with E-state index in [1.165, 1.54) is 0 Å². The number of nitrogens with one attached hydrogen (secondary N) is 2. The van der Waals surface area contributed by atoms with Gasteiger partial charge in [-0.1, -0.05) is 6.07 Å². The maximum absolute atomic E-state index is 11.4. The van der Waals surface area contributed by atoms with Crippen LogP contribution < -0.4 is 21.3 Å². The maximum Gasteiger partial charge on any atom is 0.220 e. The fourth-order valence-electron chi connectivity index (χ4n) is 3.09. The number of hydrogen-bond donors (Lipinski definition) is 3.